The van der Waals surface area contributed by atoms with Crippen molar-refractivity contribution in [3.8, 4) is 0 Å². The van der Waals surface area contributed by atoms with Crippen LogP contribution in [-0.2, 0) is 9.59 Å². The number of rotatable bonds is 8. The van der Waals surface area contributed by atoms with Crippen LogP contribution in [-0.4, -0.2) is 47.6 Å². The zero-order chi connectivity index (χ0) is 15.8. The van der Waals surface area contributed by atoms with Crippen molar-refractivity contribution in [2.45, 2.75) is 58.9 Å². The number of nitrogens with one attached hydrogen (secondary N) is 1. The van der Waals surface area contributed by atoms with E-state index in [1.54, 1.807) is 0 Å². The van der Waals surface area contributed by atoms with Gasteiger partial charge >= 0.3 is 5.97 Å². The maximum Gasteiger partial charge on any atom is 0.303 e. The van der Waals surface area contributed by atoms with E-state index in [1.165, 1.54) is 0 Å². The minimum Gasteiger partial charge on any atom is -0.481 e. The maximum atomic E-state index is 12.1. The lowest BCUT2D eigenvalue weighted by atomic mass is 9.91. The summed E-state index contributed by atoms with van der Waals surface area (Å²) in [6.45, 7) is 8.79. The molecule has 1 atom stereocenters. The van der Waals surface area contributed by atoms with E-state index in [9.17, 15) is 9.59 Å². The Bertz CT molecular complexity index is 336. The van der Waals surface area contributed by atoms with Crippen LogP contribution in [0.15, 0.2) is 0 Å². The van der Waals surface area contributed by atoms with E-state index in [0.29, 0.717) is 11.8 Å². The van der Waals surface area contributed by atoms with Crippen LogP contribution >= 0.6 is 0 Å². The topological polar surface area (TPSA) is 69.6 Å². The molecule has 0 aliphatic carbocycles. The monoisotopic (exact) mass is 298 g/mol. The van der Waals surface area contributed by atoms with E-state index in [0.717, 1.165) is 45.3 Å². The quantitative estimate of drug-likeness (QED) is 0.720. The van der Waals surface area contributed by atoms with Crippen molar-refractivity contribution in [2.24, 2.45) is 11.8 Å². The summed E-state index contributed by atoms with van der Waals surface area (Å²) in [5.74, 6) is 0.495. The Morgan fingerprint density at radius 1 is 1.24 bits per heavy atom. The van der Waals surface area contributed by atoms with Crippen LogP contribution in [0.1, 0.15) is 52.9 Å². The van der Waals surface area contributed by atoms with E-state index < -0.39 is 5.97 Å². The Hall–Kier alpha value is -1.10. The minimum atomic E-state index is -0.713. The molecule has 0 spiro atoms. The molecule has 122 valence electrons. The van der Waals surface area contributed by atoms with Gasteiger partial charge in [0.15, 0.2) is 0 Å². The molecule has 1 saturated heterocycles. The van der Waals surface area contributed by atoms with E-state index in [2.05, 4.69) is 24.1 Å². The zero-order valence-electron chi connectivity index (χ0n) is 13.6. The number of aliphatic carboxylic acids is 1. The number of hydrogen-bond acceptors (Lipinski definition) is 3. The highest BCUT2D eigenvalue weighted by Crippen LogP contribution is 2.23. The molecule has 1 unspecified atom stereocenters. The van der Waals surface area contributed by atoms with E-state index in [1.807, 2.05) is 6.92 Å². The van der Waals surface area contributed by atoms with Gasteiger partial charge in [-0.3, -0.25) is 14.5 Å². The Labute approximate surface area is 128 Å². The molecule has 1 amide bonds. The Morgan fingerprint density at radius 3 is 2.38 bits per heavy atom. The summed E-state index contributed by atoms with van der Waals surface area (Å²) in [5.41, 5.74) is 0. The van der Waals surface area contributed by atoms with Gasteiger partial charge < -0.3 is 10.4 Å². The van der Waals surface area contributed by atoms with E-state index in [-0.39, 0.29) is 18.4 Å². The van der Waals surface area contributed by atoms with Gasteiger partial charge in [-0.25, -0.2) is 0 Å². The molecule has 2 N–H and O–H groups in total. The second-order valence-corrected chi connectivity index (χ2v) is 6.56. The third-order valence-corrected chi connectivity index (χ3v) is 4.36. The van der Waals surface area contributed by atoms with Crippen molar-refractivity contribution in [2.75, 3.05) is 19.6 Å². The molecular weight excluding hydrogens is 268 g/mol. The second kappa shape index (κ2) is 9.03. The lowest BCUT2D eigenvalue weighted by Crippen LogP contribution is -2.48. The van der Waals surface area contributed by atoms with E-state index in [4.69, 9.17) is 5.11 Å². The van der Waals surface area contributed by atoms with Crippen LogP contribution in [0.4, 0.5) is 0 Å². The molecule has 0 radical (unpaired) electrons. The van der Waals surface area contributed by atoms with Crippen molar-refractivity contribution in [1.82, 2.24) is 10.2 Å². The Morgan fingerprint density at radius 2 is 1.86 bits per heavy atom. The molecule has 21 heavy (non-hydrogen) atoms. The fraction of sp³-hybridized carbons (Fsp3) is 0.875. The number of carbonyl (C=O) groups is 2. The third kappa shape index (κ3) is 6.93. The zero-order valence-corrected chi connectivity index (χ0v) is 13.6. The summed E-state index contributed by atoms with van der Waals surface area (Å²) in [5, 5.41) is 11.7. The number of piperidine rings is 1. The predicted octanol–water partition coefficient (Wildman–Crippen LogP) is 2.11. The van der Waals surface area contributed by atoms with Crippen LogP contribution < -0.4 is 5.32 Å². The average molecular weight is 298 g/mol. The van der Waals surface area contributed by atoms with Gasteiger partial charge in [0.2, 0.25) is 5.91 Å². The number of amides is 1. The van der Waals surface area contributed by atoms with Crippen LogP contribution in [0.3, 0.4) is 0 Å². The summed E-state index contributed by atoms with van der Waals surface area (Å²) in [7, 11) is 0. The fourth-order valence-electron chi connectivity index (χ4n) is 2.75. The average Bonchev–Trinajstić information content (AvgIpc) is 2.44. The minimum absolute atomic E-state index is 0.0856. The number of nitrogens with zero attached hydrogens (tertiary/aromatic N) is 1. The van der Waals surface area contributed by atoms with Gasteiger partial charge in [-0.15, -0.1) is 0 Å². The highest BCUT2D eigenvalue weighted by atomic mass is 16.4. The summed E-state index contributed by atoms with van der Waals surface area (Å²) < 4.78 is 0. The molecule has 5 nitrogen and oxygen atoms in total. The van der Waals surface area contributed by atoms with Crippen LogP contribution in [0.5, 0.6) is 0 Å². The summed E-state index contributed by atoms with van der Waals surface area (Å²) in [6.07, 6.45) is 4.03. The van der Waals surface area contributed by atoms with Crippen molar-refractivity contribution in [3.63, 3.8) is 0 Å². The molecule has 0 aromatic heterocycles. The first-order valence-corrected chi connectivity index (χ1v) is 8.13. The normalized spacial score (nSPS) is 18.7. The number of hydrogen-bond donors (Lipinski definition) is 2. The molecule has 0 aromatic carbocycles. The first-order valence-electron chi connectivity index (χ1n) is 8.13. The molecule has 0 bridgehead atoms. The standard InChI is InChI=1S/C16H30N2O3/c1-12(2)6-9-17-16(21)13(3)18-10-7-14(8-11-18)4-5-15(19)20/h12-14H,4-11H2,1-3H3,(H,17,21)(H,19,20). The molecule has 0 aromatic rings. The largest absolute Gasteiger partial charge is 0.481 e. The van der Waals surface area contributed by atoms with Crippen LogP contribution in [0.2, 0.25) is 0 Å². The smallest absolute Gasteiger partial charge is 0.303 e. The van der Waals surface area contributed by atoms with Gasteiger partial charge in [0.25, 0.3) is 0 Å². The van der Waals surface area contributed by atoms with Crippen LogP contribution in [0.25, 0.3) is 0 Å². The lowest BCUT2D eigenvalue weighted by molar-refractivity contribution is -0.137. The second-order valence-electron chi connectivity index (χ2n) is 6.56. The summed E-state index contributed by atoms with van der Waals surface area (Å²) in [4.78, 5) is 24.9. The van der Waals surface area contributed by atoms with Crippen molar-refractivity contribution < 1.29 is 14.7 Å². The molecule has 1 aliphatic rings. The SMILES string of the molecule is CC(C)CCNC(=O)C(C)N1CCC(CCC(=O)O)CC1. The van der Waals surface area contributed by atoms with Gasteiger partial charge in [0.1, 0.15) is 0 Å². The van der Waals surface area contributed by atoms with Gasteiger partial charge in [0.05, 0.1) is 6.04 Å². The van der Waals surface area contributed by atoms with Crippen molar-refractivity contribution >= 4 is 11.9 Å². The van der Waals surface area contributed by atoms with Gasteiger partial charge in [0, 0.05) is 13.0 Å². The maximum absolute atomic E-state index is 12.1. The summed E-state index contributed by atoms with van der Waals surface area (Å²) in [6, 6.07) is -0.0856. The highest BCUT2D eigenvalue weighted by molar-refractivity contribution is 5.81. The predicted molar refractivity (Wildman–Crippen MR) is 83.1 cm³/mol. The van der Waals surface area contributed by atoms with Gasteiger partial charge in [-0.2, -0.15) is 0 Å². The molecule has 5 heteroatoms. The van der Waals surface area contributed by atoms with Crippen LogP contribution in [0, 0.1) is 11.8 Å². The molecule has 1 rings (SSSR count). The molecular formula is C16H30N2O3. The molecule has 0 saturated carbocycles. The first-order chi connectivity index (χ1) is 9.90. The molecule has 1 heterocycles. The number of carboxylic acid groups (broad SMARTS) is 1. The summed E-state index contributed by atoms with van der Waals surface area (Å²) >= 11 is 0. The van der Waals surface area contributed by atoms with Crippen molar-refractivity contribution in [1.29, 1.82) is 0 Å². The van der Waals surface area contributed by atoms with E-state index >= 15 is 0 Å². The number of likely N-dealkylation sites (tertiary alicyclic amines) is 1. The molecule has 1 fully saturated rings. The van der Waals surface area contributed by atoms with Gasteiger partial charge in [-0.1, -0.05) is 13.8 Å². The van der Waals surface area contributed by atoms with Crippen molar-refractivity contribution in [3.05, 3.63) is 0 Å². The first kappa shape index (κ1) is 18.0. The number of carbonyl (C=O) groups excluding carboxylic acids is 1. The fourth-order valence-corrected chi connectivity index (χ4v) is 2.75. The lowest BCUT2D eigenvalue weighted by Gasteiger charge is -2.35. The highest BCUT2D eigenvalue weighted by Gasteiger charge is 2.26. The van der Waals surface area contributed by atoms with Gasteiger partial charge in [-0.05, 0) is 57.5 Å². The Kier molecular flexibility index (Phi) is 7.72. The Balaban J connectivity index is 2.25. The molecule has 1 aliphatic heterocycles. The number of carboxylic acids is 1. The third-order valence-electron chi connectivity index (χ3n) is 4.36.